The van der Waals surface area contributed by atoms with Crippen LogP contribution in [-0.4, -0.2) is 48.8 Å². The van der Waals surface area contributed by atoms with E-state index in [1.807, 2.05) is 0 Å². The molecule has 14 heavy (non-hydrogen) atoms. The van der Waals surface area contributed by atoms with Crippen LogP contribution in [-0.2, 0) is 10.0 Å². The summed E-state index contributed by atoms with van der Waals surface area (Å²) in [5.74, 6) is 0.0770. The highest BCUT2D eigenvalue weighted by Gasteiger charge is 2.36. The van der Waals surface area contributed by atoms with Crippen molar-refractivity contribution in [1.82, 2.24) is 4.31 Å². The topological polar surface area (TPSA) is 83.6 Å². The smallest absolute Gasteiger partial charge is 0.213 e. The number of hydrogen-bond acceptors (Lipinski definition) is 4. The second kappa shape index (κ2) is 4.14. The van der Waals surface area contributed by atoms with E-state index in [4.69, 9.17) is 5.73 Å². The molecule has 3 N–H and O–H groups in total. The number of β-amino-alcohol motifs (C(OH)–C–C–N with tert-alkyl or cyclic N) is 1. The Labute approximate surface area is 84.9 Å². The third-order valence-corrected chi connectivity index (χ3v) is 4.49. The van der Waals surface area contributed by atoms with Crippen molar-refractivity contribution in [1.29, 1.82) is 0 Å². The summed E-state index contributed by atoms with van der Waals surface area (Å²) >= 11 is 0. The van der Waals surface area contributed by atoms with Gasteiger partial charge in [-0.3, -0.25) is 0 Å². The Kier molecular flexibility index (Phi) is 3.52. The minimum absolute atomic E-state index is 0.0770. The number of piperidine rings is 1. The molecule has 0 spiro atoms. The van der Waals surface area contributed by atoms with E-state index < -0.39 is 15.6 Å². The van der Waals surface area contributed by atoms with Crippen molar-refractivity contribution in [2.24, 2.45) is 5.73 Å². The Morgan fingerprint density at radius 1 is 1.57 bits per heavy atom. The van der Waals surface area contributed by atoms with Crippen molar-refractivity contribution in [3.63, 3.8) is 0 Å². The molecule has 0 aromatic carbocycles. The highest BCUT2D eigenvalue weighted by Crippen LogP contribution is 2.22. The molecule has 0 radical (unpaired) electrons. The van der Waals surface area contributed by atoms with Gasteiger partial charge in [-0.15, -0.1) is 0 Å². The highest BCUT2D eigenvalue weighted by atomic mass is 32.2. The molecule has 0 bridgehead atoms. The Hall–Kier alpha value is -0.170. The van der Waals surface area contributed by atoms with Crippen LogP contribution in [0.4, 0.5) is 0 Å². The lowest BCUT2D eigenvalue weighted by atomic mass is 9.95. The van der Waals surface area contributed by atoms with Crippen molar-refractivity contribution in [3.8, 4) is 0 Å². The van der Waals surface area contributed by atoms with E-state index in [0.717, 1.165) is 0 Å². The Morgan fingerprint density at radius 2 is 2.21 bits per heavy atom. The average molecular weight is 222 g/mol. The monoisotopic (exact) mass is 222 g/mol. The van der Waals surface area contributed by atoms with Crippen LogP contribution in [0.1, 0.15) is 19.8 Å². The average Bonchev–Trinajstić information content (AvgIpc) is 2.18. The van der Waals surface area contributed by atoms with Gasteiger partial charge in [-0.25, -0.2) is 8.42 Å². The lowest BCUT2D eigenvalue weighted by molar-refractivity contribution is 0.000565. The molecule has 0 aromatic heterocycles. The third-order valence-electron chi connectivity index (χ3n) is 2.66. The quantitative estimate of drug-likeness (QED) is 0.649. The van der Waals surface area contributed by atoms with Gasteiger partial charge < -0.3 is 10.8 Å². The first-order valence-corrected chi connectivity index (χ1v) is 6.45. The molecule has 1 heterocycles. The molecule has 5 nitrogen and oxygen atoms in total. The molecular formula is C8H18N2O3S. The Morgan fingerprint density at radius 3 is 2.71 bits per heavy atom. The Balaban J connectivity index is 2.75. The van der Waals surface area contributed by atoms with Gasteiger partial charge in [0.2, 0.25) is 10.0 Å². The summed E-state index contributed by atoms with van der Waals surface area (Å²) in [6.07, 6.45) is 1.26. The molecule has 0 amide bonds. The van der Waals surface area contributed by atoms with Crippen LogP contribution in [0.5, 0.6) is 0 Å². The van der Waals surface area contributed by atoms with Gasteiger partial charge in [0.25, 0.3) is 0 Å². The van der Waals surface area contributed by atoms with E-state index in [1.54, 1.807) is 6.92 Å². The second-order valence-corrected chi connectivity index (χ2v) is 6.02. The molecule has 1 aliphatic heterocycles. The number of aliphatic hydroxyl groups is 1. The maximum Gasteiger partial charge on any atom is 0.213 e. The minimum Gasteiger partial charge on any atom is -0.387 e. The minimum atomic E-state index is -3.18. The van der Waals surface area contributed by atoms with E-state index in [1.165, 1.54) is 4.31 Å². The molecule has 1 fully saturated rings. The maximum absolute atomic E-state index is 11.5. The number of hydrogen-bond donors (Lipinski definition) is 2. The van der Waals surface area contributed by atoms with Crippen molar-refractivity contribution >= 4 is 10.0 Å². The van der Waals surface area contributed by atoms with Gasteiger partial charge in [0, 0.05) is 19.6 Å². The molecule has 0 saturated carbocycles. The van der Waals surface area contributed by atoms with E-state index in [9.17, 15) is 13.5 Å². The lowest BCUT2D eigenvalue weighted by Crippen LogP contribution is -2.54. The third kappa shape index (κ3) is 2.44. The van der Waals surface area contributed by atoms with Crippen LogP contribution < -0.4 is 5.73 Å². The summed E-state index contributed by atoms with van der Waals surface area (Å²) in [7, 11) is -3.18. The van der Waals surface area contributed by atoms with Gasteiger partial charge in [0.1, 0.15) is 0 Å². The zero-order valence-electron chi connectivity index (χ0n) is 8.44. The van der Waals surface area contributed by atoms with Crippen molar-refractivity contribution in [2.75, 3.05) is 25.4 Å². The highest BCUT2D eigenvalue weighted by molar-refractivity contribution is 7.89. The molecule has 0 aromatic rings. The first kappa shape index (κ1) is 11.9. The van der Waals surface area contributed by atoms with Gasteiger partial charge in [0.05, 0.1) is 11.4 Å². The van der Waals surface area contributed by atoms with Crippen molar-refractivity contribution in [3.05, 3.63) is 0 Å². The van der Waals surface area contributed by atoms with Crippen LogP contribution in [0.3, 0.4) is 0 Å². The summed E-state index contributed by atoms with van der Waals surface area (Å²) < 4.78 is 24.4. The molecular weight excluding hydrogens is 204 g/mol. The molecule has 1 rings (SSSR count). The van der Waals surface area contributed by atoms with Crippen LogP contribution in [0.2, 0.25) is 0 Å². The fourth-order valence-corrected chi connectivity index (χ4v) is 2.87. The van der Waals surface area contributed by atoms with Crippen LogP contribution >= 0.6 is 0 Å². The van der Waals surface area contributed by atoms with Gasteiger partial charge in [0.15, 0.2) is 0 Å². The van der Waals surface area contributed by atoms with Crippen LogP contribution in [0.15, 0.2) is 0 Å². The van der Waals surface area contributed by atoms with Gasteiger partial charge in [-0.1, -0.05) is 0 Å². The molecule has 1 aliphatic rings. The Bertz CT molecular complexity index is 291. The van der Waals surface area contributed by atoms with E-state index >= 15 is 0 Å². The van der Waals surface area contributed by atoms with Crippen LogP contribution in [0.25, 0.3) is 0 Å². The maximum atomic E-state index is 11.5. The lowest BCUT2D eigenvalue weighted by Gasteiger charge is -2.37. The zero-order valence-corrected chi connectivity index (χ0v) is 9.26. The fourth-order valence-electron chi connectivity index (χ4n) is 1.66. The van der Waals surface area contributed by atoms with Gasteiger partial charge in [-0.2, -0.15) is 4.31 Å². The van der Waals surface area contributed by atoms with Crippen molar-refractivity contribution in [2.45, 2.75) is 25.4 Å². The fraction of sp³-hybridized carbons (Fsp3) is 1.00. The second-order valence-electron chi connectivity index (χ2n) is 3.77. The molecule has 1 unspecified atom stereocenters. The predicted molar refractivity (Wildman–Crippen MR) is 54.3 cm³/mol. The summed E-state index contributed by atoms with van der Waals surface area (Å²) in [5.41, 5.74) is 4.39. The first-order valence-electron chi connectivity index (χ1n) is 4.84. The zero-order chi connectivity index (χ0) is 10.8. The van der Waals surface area contributed by atoms with E-state index in [2.05, 4.69) is 0 Å². The normalized spacial score (nSPS) is 30.5. The summed E-state index contributed by atoms with van der Waals surface area (Å²) in [6, 6.07) is 0. The number of nitrogens with zero attached hydrogens (tertiary/aromatic N) is 1. The predicted octanol–water partition coefficient (Wildman–Crippen LogP) is -0.878. The van der Waals surface area contributed by atoms with Gasteiger partial charge in [-0.05, 0) is 19.8 Å². The number of sulfonamides is 1. The van der Waals surface area contributed by atoms with Crippen LogP contribution in [0, 0.1) is 0 Å². The van der Waals surface area contributed by atoms with E-state index in [-0.39, 0.29) is 18.8 Å². The largest absolute Gasteiger partial charge is 0.387 e. The number of rotatable bonds is 3. The standard InChI is InChI=1S/C8H18N2O3S/c1-2-14(12,13)10-5-3-4-8(11,6-9)7-10/h11H,2-7,9H2,1H3. The molecule has 1 saturated heterocycles. The molecule has 0 aliphatic carbocycles. The molecule has 6 heteroatoms. The number of nitrogens with two attached hydrogens (primary N) is 1. The summed E-state index contributed by atoms with van der Waals surface area (Å²) in [4.78, 5) is 0. The first-order chi connectivity index (χ1) is 6.43. The van der Waals surface area contributed by atoms with Gasteiger partial charge >= 0.3 is 0 Å². The molecule has 1 atom stereocenters. The van der Waals surface area contributed by atoms with E-state index in [0.29, 0.717) is 19.4 Å². The van der Waals surface area contributed by atoms with Crippen molar-refractivity contribution < 1.29 is 13.5 Å². The SMILES string of the molecule is CCS(=O)(=O)N1CCCC(O)(CN)C1. The summed E-state index contributed by atoms with van der Waals surface area (Å²) in [5, 5.41) is 9.88. The molecule has 84 valence electrons. The summed E-state index contributed by atoms with van der Waals surface area (Å²) in [6.45, 7) is 2.35.